The minimum atomic E-state index is -1.01. The number of nitrogens with one attached hydrogen (secondary N) is 3. The van der Waals surface area contributed by atoms with E-state index in [1.807, 2.05) is 46.8 Å². The third-order valence-corrected chi connectivity index (χ3v) is 11.5. The molecule has 2 heterocycles. The molecule has 1 aromatic rings. The molecule has 284 valence electrons. The van der Waals surface area contributed by atoms with Gasteiger partial charge >= 0.3 is 0 Å². The van der Waals surface area contributed by atoms with Crippen LogP contribution in [0.5, 0.6) is 5.75 Å². The lowest BCUT2D eigenvalue weighted by Gasteiger charge is -2.36. The van der Waals surface area contributed by atoms with E-state index in [9.17, 15) is 24.0 Å². The highest BCUT2D eigenvalue weighted by atomic mass is 16.7. The van der Waals surface area contributed by atoms with Crippen LogP contribution in [-0.2, 0) is 28.8 Å². The summed E-state index contributed by atoms with van der Waals surface area (Å²) in [6, 6.07) is 1.08. The number of hydrogen-bond acceptors (Lipinski definition) is 8. The van der Waals surface area contributed by atoms with Gasteiger partial charge in [-0.25, -0.2) is 0 Å². The number of carbonyl (C=O) groups is 5. The van der Waals surface area contributed by atoms with E-state index in [1.54, 1.807) is 7.11 Å². The molecular weight excluding hydrogens is 662 g/mol. The van der Waals surface area contributed by atoms with Gasteiger partial charge in [-0.3, -0.25) is 24.0 Å². The van der Waals surface area contributed by atoms with Gasteiger partial charge in [0.2, 0.25) is 23.5 Å². The number of Topliss-reactive ketones (excluding diaryl/α,β-unsaturated/α-hetero) is 1. The molecule has 0 unspecified atom stereocenters. The number of ketones is 1. The molecule has 3 N–H and O–H groups in total. The Balaban J connectivity index is 1.25. The Kier molecular flexibility index (Phi) is 11.0. The molecule has 5 aliphatic rings. The lowest BCUT2D eigenvalue weighted by Crippen LogP contribution is -2.59. The van der Waals surface area contributed by atoms with Crippen molar-refractivity contribution in [2.45, 2.75) is 148 Å². The molecule has 1 aromatic carbocycles. The lowest BCUT2D eigenvalue weighted by atomic mass is 9.84. The maximum absolute atomic E-state index is 14.7. The smallest absolute Gasteiger partial charge is 0.289 e. The van der Waals surface area contributed by atoms with Crippen LogP contribution in [0.2, 0.25) is 0 Å². The Morgan fingerprint density at radius 3 is 2.23 bits per heavy atom. The summed E-state index contributed by atoms with van der Waals surface area (Å²) in [5.41, 5.74) is 1.82. The van der Waals surface area contributed by atoms with Crippen molar-refractivity contribution in [3.05, 3.63) is 28.8 Å². The zero-order chi connectivity index (χ0) is 37.4. The molecule has 0 radical (unpaired) electrons. The normalized spacial score (nSPS) is 24.5. The van der Waals surface area contributed by atoms with Gasteiger partial charge in [0.1, 0.15) is 17.8 Å². The standard InChI is InChI=1S/C40H57N5O7/c1-23-16-27(17-24(2)34(23)51-6)30-20-40(52-44-30)21-31(36(48)42-29(18-26-12-13-26)33(47)37(49)41-28-14-15-28)45(22-40)38(50)35(39(3,4)5)43-32(46)19-25-10-8-7-9-11-25/h16-17,25-26,28-29,31,35H,7-15,18-22H2,1-6H3,(H,41,49)(H,42,48)(H,43,46)/t29-,31-,35+,40+/m0/s1. The van der Waals surface area contributed by atoms with E-state index in [0.717, 1.165) is 73.8 Å². The third-order valence-electron chi connectivity index (χ3n) is 11.5. The number of oxime groups is 1. The Bertz CT molecular complexity index is 1580. The van der Waals surface area contributed by atoms with E-state index < -0.39 is 46.7 Å². The van der Waals surface area contributed by atoms with Gasteiger partial charge < -0.3 is 30.4 Å². The van der Waals surface area contributed by atoms with Crippen LogP contribution < -0.4 is 20.7 Å². The fourth-order valence-corrected chi connectivity index (χ4v) is 8.24. The first-order valence-corrected chi connectivity index (χ1v) is 19.3. The molecule has 4 amide bonds. The van der Waals surface area contributed by atoms with Crippen LogP contribution in [0.15, 0.2) is 17.3 Å². The summed E-state index contributed by atoms with van der Waals surface area (Å²) >= 11 is 0. The number of aryl methyl sites for hydroxylation is 2. The molecule has 0 bridgehead atoms. The van der Waals surface area contributed by atoms with Gasteiger partial charge in [0.05, 0.1) is 25.4 Å². The number of likely N-dealkylation sites (tertiary alicyclic amines) is 1. The summed E-state index contributed by atoms with van der Waals surface area (Å²) in [5.74, 6) is -1.06. The van der Waals surface area contributed by atoms with Gasteiger partial charge in [0, 0.05) is 30.9 Å². The molecule has 2 aliphatic heterocycles. The van der Waals surface area contributed by atoms with Crippen LogP contribution in [0.3, 0.4) is 0 Å². The lowest BCUT2D eigenvalue weighted by molar-refractivity contribution is -0.145. The summed E-state index contributed by atoms with van der Waals surface area (Å²) in [6.45, 7) is 9.72. The van der Waals surface area contributed by atoms with Crippen molar-refractivity contribution >= 4 is 35.1 Å². The molecule has 3 saturated carbocycles. The van der Waals surface area contributed by atoms with E-state index in [-0.39, 0.29) is 36.7 Å². The molecule has 6 rings (SSSR count). The summed E-state index contributed by atoms with van der Waals surface area (Å²) in [7, 11) is 1.64. The van der Waals surface area contributed by atoms with Crippen LogP contribution in [0.1, 0.15) is 121 Å². The number of ether oxygens (including phenoxy) is 1. The quantitative estimate of drug-likeness (QED) is 0.255. The summed E-state index contributed by atoms with van der Waals surface area (Å²) < 4.78 is 5.56. The van der Waals surface area contributed by atoms with E-state index in [1.165, 1.54) is 11.3 Å². The zero-order valence-electron chi connectivity index (χ0n) is 31.8. The topological polar surface area (TPSA) is 156 Å². The van der Waals surface area contributed by atoms with E-state index in [0.29, 0.717) is 30.9 Å². The second-order valence-corrected chi connectivity index (χ2v) is 17.2. The largest absolute Gasteiger partial charge is 0.496 e. The fraction of sp³-hybridized carbons (Fsp3) is 0.700. The molecule has 12 nitrogen and oxygen atoms in total. The van der Waals surface area contributed by atoms with Crippen molar-refractivity contribution in [2.24, 2.45) is 22.4 Å². The molecule has 1 spiro atoms. The third kappa shape index (κ3) is 8.80. The number of nitrogens with zero attached hydrogens (tertiary/aromatic N) is 2. The van der Waals surface area contributed by atoms with Crippen molar-refractivity contribution in [2.75, 3.05) is 13.7 Å². The summed E-state index contributed by atoms with van der Waals surface area (Å²) in [4.78, 5) is 76.5. The highest BCUT2D eigenvalue weighted by Crippen LogP contribution is 2.41. The molecule has 3 aliphatic carbocycles. The number of benzene rings is 1. The maximum atomic E-state index is 14.7. The Morgan fingerprint density at radius 2 is 1.63 bits per heavy atom. The van der Waals surface area contributed by atoms with Crippen LogP contribution in [0.25, 0.3) is 0 Å². The van der Waals surface area contributed by atoms with Crippen molar-refractivity contribution in [3.8, 4) is 5.75 Å². The van der Waals surface area contributed by atoms with Crippen molar-refractivity contribution in [1.82, 2.24) is 20.9 Å². The predicted molar refractivity (Wildman–Crippen MR) is 196 cm³/mol. The van der Waals surface area contributed by atoms with Gasteiger partial charge in [-0.15, -0.1) is 0 Å². The van der Waals surface area contributed by atoms with Gasteiger partial charge in [0.25, 0.3) is 5.91 Å². The predicted octanol–water partition coefficient (Wildman–Crippen LogP) is 4.41. The minimum absolute atomic E-state index is 0.00572. The first-order chi connectivity index (χ1) is 24.7. The van der Waals surface area contributed by atoms with E-state index in [4.69, 9.17) is 9.57 Å². The van der Waals surface area contributed by atoms with Crippen LogP contribution >= 0.6 is 0 Å². The Hall–Kier alpha value is -3.96. The monoisotopic (exact) mass is 719 g/mol. The van der Waals surface area contributed by atoms with Crippen molar-refractivity contribution in [1.29, 1.82) is 0 Å². The number of amides is 4. The van der Waals surface area contributed by atoms with Gasteiger partial charge in [0.15, 0.2) is 5.60 Å². The van der Waals surface area contributed by atoms with Crippen LogP contribution in [0.4, 0.5) is 0 Å². The average Bonchev–Trinajstić information content (AvgIpc) is 4.02. The van der Waals surface area contributed by atoms with Crippen molar-refractivity contribution in [3.63, 3.8) is 0 Å². The fourth-order valence-electron chi connectivity index (χ4n) is 8.24. The highest BCUT2D eigenvalue weighted by Gasteiger charge is 2.56. The van der Waals surface area contributed by atoms with Crippen LogP contribution in [-0.4, -0.2) is 83.4 Å². The zero-order valence-corrected chi connectivity index (χ0v) is 31.8. The number of carbonyl (C=O) groups excluding carboxylic acids is 5. The van der Waals surface area contributed by atoms with E-state index in [2.05, 4.69) is 21.1 Å². The van der Waals surface area contributed by atoms with Gasteiger partial charge in [-0.1, -0.05) is 58.0 Å². The van der Waals surface area contributed by atoms with Crippen LogP contribution in [0, 0.1) is 31.1 Å². The highest BCUT2D eigenvalue weighted by molar-refractivity contribution is 6.38. The number of rotatable bonds is 13. The molecule has 4 fully saturated rings. The van der Waals surface area contributed by atoms with Crippen molar-refractivity contribution < 1.29 is 33.5 Å². The maximum Gasteiger partial charge on any atom is 0.289 e. The molecule has 0 aromatic heterocycles. The number of hydrogen-bond donors (Lipinski definition) is 3. The van der Waals surface area contributed by atoms with Gasteiger partial charge in [-0.05, 0) is 86.5 Å². The first kappa shape index (κ1) is 37.8. The summed E-state index contributed by atoms with van der Waals surface area (Å²) in [6.07, 6.45) is 10.2. The molecule has 4 atom stereocenters. The van der Waals surface area contributed by atoms with E-state index >= 15 is 0 Å². The first-order valence-electron chi connectivity index (χ1n) is 19.3. The minimum Gasteiger partial charge on any atom is -0.496 e. The summed E-state index contributed by atoms with van der Waals surface area (Å²) in [5, 5.41) is 13.2. The molecular formula is C40H57N5O7. The SMILES string of the molecule is COc1c(C)cc(C2=NO[C@]3(C2)C[C@@H](C(=O)N[C@@H](CC2CC2)C(=O)C(=O)NC2CC2)N(C(=O)[C@@H](NC(=O)CC2CCCCC2)C(C)(C)C)C3)cc1C. The Morgan fingerprint density at radius 1 is 0.962 bits per heavy atom. The van der Waals surface area contributed by atoms with Gasteiger partial charge in [-0.2, -0.15) is 0 Å². The molecule has 1 saturated heterocycles. The average molecular weight is 720 g/mol. The molecule has 12 heteroatoms. The second kappa shape index (κ2) is 15.2. The molecule has 52 heavy (non-hydrogen) atoms. The number of methoxy groups -OCH3 is 1. The second-order valence-electron chi connectivity index (χ2n) is 17.2. The Labute approximate surface area is 307 Å².